The number of rotatable bonds is 8. The van der Waals surface area contributed by atoms with Gasteiger partial charge in [0, 0.05) is 13.2 Å². The van der Waals surface area contributed by atoms with E-state index < -0.39 is 5.82 Å². The van der Waals surface area contributed by atoms with Crippen molar-refractivity contribution >= 4 is 17.3 Å². The van der Waals surface area contributed by atoms with Gasteiger partial charge < -0.3 is 15.8 Å². The number of likely N-dealkylation sites (N-methyl/N-ethyl adjacent to an activating group) is 1. The third-order valence-electron chi connectivity index (χ3n) is 3.37. The maximum Gasteiger partial charge on any atom is 0.238 e. The monoisotopic (exact) mass is 295 g/mol. The van der Waals surface area contributed by atoms with Crippen molar-refractivity contribution in [1.29, 1.82) is 0 Å². The molecule has 1 aliphatic carbocycles. The summed E-state index contributed by atoms with van der Waals surface area (Å²) in [7, 11) is 1.86. The van der Waals surface area contributed by atoms with Crippen LogP contribution in [-0.4, -0.2) is 44.2 Å². The van der Waals surface area contributed by atoms with Crippen LogP contribution in [0.25, 0.3) is 0 Å². The molecule has 2 rings (SSSR count). The van der Waals surface area contributed by atoms with E-state index in [4.69, 9.17) is 10.5 Å². The van der Waals surface area contributed by atoms with E-state index in [1.165, 1.54) is 31.0 Å². The molecule has 0 saturated heterocycles. The summed E-state index contributed by atoms with van der Waals surface area (Å²) >= 11 is 0. The average molecular weight is 295 g/mol. The fourth-order valence-electron chi connectivity index (χ4n) is 1.92. The molecule has 0 aliphatic heterocycles. The number of nitrogen functional groups attached to an aromatic ring is 1. The van der Waals surface area contributed by atoms with Crippen molar-refractivity contribution in [2.45, 2.75) is 12.8 Å². The Balaban J connectivity index is 1.67. The number of nitrogens with one attached hydrogen (secondary N) is 1. The zero-order chi connectivity index (χ0) is 15.2. The topological polar surface area (TPSA) is 67.6 Å². The smallest absolute Gasteiger partial charge is 0.238 e. The molecule has 0 aromatic heterocycles. The van der Waals surface area contributed by atoms with Crippen LogP contribution in [0.3, 0.4) is 0 Å². The van der Waals surface area contributed by atoms with Gasteiger partial charge in [-0.1, -0.05) is 0 Å². The molecule has 21 heavy (non-hydrogen) atoms. The first-order valence-electron chi connectivity index (χ1n) is 7.16. The summed E-state index contributed by atoms with van der Waals surface area (Å²) in [5, 5.41) is 2.67. The number of ether oxygens (including phenoxy) is 1. The molecular weight excluding hydrogens is 273 g/mol. The van der Waals surface area contributed by atoms with Crippen LogP contribution in [0, 0.1) is 11.7 Å². The summed E-state index contributed by atoms with van der Waals surface area (Å²) in [5.74, 6) is 0.147. The van der Waals surface area contributed by atoms with E-state index in [0.717, 1.165) is 12.5 Å². The van der Waals surface area contributed by atoms with Crippen molar-refractivity contribution in [3.05, 3.63) is 24.0 Å². The first kappa shape index (κ1) is 15.7. The molecule has 6 heteroatoms. The lowest BCUT2D eigenvalue weighted by molar-refractivity contribution is -0.117. The molecule has 1 aromatic carbocycles. The number of hydrogen-bond acceptors (Lipinski definition) is 4. The highest BCUT2D eigenvalue weighted by molar-refractivity contribution is 5.95. The van der Waals surface area contributed by atoms with Gasteiger partial charge in [0.1, 0.15) is 5.82 Å². The highest BCUT2D eigenvalue weighted by Gasteiger charge is 2.21. The molecule has 1 aromatic rings. The van der Waals surface area contributed by atoms with Gasteiger partial charge in [-0.05, 0) is 44.0 Å². The Morgan fingerprint density at radius 1 is 1.52 bits per heavy atom. The summed E-state index contributed by atoms with van der Waals surface area (Å²) in [6.45, 7) is 2.38. The number of amides is 1. The summed E-state index contributed by atoms with van der Waals surface area (Å²) in [6, 6.07) is 3.91. The summed E-state index contributed by atoms with van der Waals surface area (Å²) < 4.78 is 18.4. The van der Waals surface area contributed by atoms with Crippen LogP contribution in [-0.2, 0) is 9.53 Å². The maximum atomic E-state index is 12.9. The maximum absolute atomic E-state index is 12.9. The van der Waals surface area contributed by atoms with Gasteiger partial charge in [0.2, 0.25) is 5.91 Å². The van der Waals surface area contributed by atoms with E-state index in [2.05, 4.69) is 5.32 Å². The fourth-order valence-corrected chi connectivity index (χ4v) is 1.92. The molecular formula is C15H22FN3O2. The number of nitrogens with zero attached hydrogens (tertiary/aromatic N) is 1. The van der Waals surface area contributed by atoms with E-state index in [1.807, 2.05) is 11.9 Å². The molecule has 0 heterocycles. The van der Waals surface area contributed by atoms with Crippen molar-refractivity contribution in [3.8, 4) is 0 Å². The fraction of sp³-hybridized carbons (Fsp3) is 0.533. The zero-order valence-corrected chi connectivity index (χ0v) is 12.3. The second-order valence-corrected chi connectivity index (χ2v) is 5.54. The van der Waals surface area contributed by atoms with Crippen LogP contribution in [0.1, 0.15) is 12.8 Å². The van der Waals surface area contributed by atoms with Crippen LogP contribution < -0.4 is 11.1 Å². The molecule has 3 N–H and O–H groups in total. The van der Waals surface area contributed by atoms with Crippen LogP contribution >= 0.6 is 0 Å². The molecule has 1 saturated carbocycles. The highest BCUT2D eigenvalue weighted by Crippen LogP contribution is 2.28. The van der Waals surface area contributed by atoms with E-state index in [1.54, 1.807) is 0 Å². The lowest BCUT2D eigenvalue weighted by Gasteiger charge is -2.16. The molecule has 0 radical (unpaired) electrons. The number of anilines is 2. The number of benzene rings is 1. The van der Waals surface area contributed by atoms with Gasteiger partial charge in [-0.15, -0.1) is 0 Å². The van der Waals surface area contributed by atoms with Crippen LogP contribution in [0.4, 0.5) is 15.8 Å². The van der Waals surface area contributed by atoms with E-state index in [-0.39, 0.29) is 18.1 Å². The SMILES string of the molecule is CN(CCOCC1CC1)CC(=O)Nc1ccc(F)cc1N. The Morgan fingerprint density at radius 3 is 2.95 bits per heavy atom. The van der Waals surface area contributed by atoms with Gasteiger partial charge in [-0.3, -0.25) is 9.69 Å². The van der Waals surface area contributed by atoms with Gasteiger partial charge >= 0.3 is 0 Å². The number of nitrogens with two attached hydrogens (primary N) is 1. The Bertz CT molecular complexity index is 492. The predicted octanol–water partition coefficient (Wildman–Crippen LogP) is 1.70. The molecule has 116 valence electrons. The Morgan fingerprint density at radius 2 is 2.29 bits per heavy atom. The Labute approximate surface area is 124 Å². The number of hydrogen-bond donors (Lipinski definition) is 2. The predicted molar refractivity (Wildman–Crippen MR) is 80.5 cm³/mol. The third-order valence-corrected chi connectivity index (χ3v) is 3.37. The molecule has 5 nitrogen and oxygen atoms in total. The van der Waals surface area contributed by atoms with Gasteiger partial charge in [-0.25, -0.2) is 4.39 Å². The van der Waals surface area contributed by atoms with E-state index >= 15 is 0 Å². The second kappa shape index (κ2) is 7.38. The normalized spacial score (nSPS) is 14.4. The third kappa shape index (κ3) is 5.69. The average Bonchev–Trinajstić information content (AvgIpc) is 3.22. The quantitative estimate of drug-likeness (QED) is 0.566. The first-order chi connectivity index (χ1) is 10.0. The second-order valence-electron chi connectivity index (χ2n) is 5.54. The minimum Gasteiger partial charge on any atom is -0.397 e. The van der Waals surface area contributed by atoms with Gasteiger partial charge in [0.05, 0.1) is 24.5 Å². The summed E-state index contributed by atoms with van der Waals surface area (Å²) in [6.07, 6.45) is 2.55. The molecule has 0 atom stereocenters. The Hall–Kier alpha value is -1.66. The van der Waals surface area contributed by atoms with Crippen molar-refractivity contribution in [2.75, 3.05) is 44.4 Å². The summed E-state index contributed by atoms with van der Waals surface area (Å²) in [4.78, 5) is 13.7. The molecule has 0 unspecified atom stereocenters. The van der Waals surface area contributed by atoms with Gasteiger partial charge in [0.15, 0.2) is 0 Å². The number of carbonyl (C=O) groups excluding carboxylic acids is 1. The Kier molecular flexibility index (Phi) is 5.52. The van der Waals surface area contributed by atoms with Crippen molar-refractivity contribution < 1.29 is 13.9 Å². The van der Waals surface area contributed by atoms with Crippen molar-refractivity contribution in [1.82, 2.24) is 4.90 Å². The highest BCUT2D eigenvalue weighted by atomic mass is 19.1. The molecule has 1 aliphatic rings. The van der Waals surface area contributed by atoms with Crippen LogP contribution in [0.5, 0.6) is 0 Å². The lowest BCUT2D eigenvalue weighted by Crippen LogP contribution is -2.32. The first-order valence-corrected chi connectivity index (χ1v) is 7.16. The number of carbonyl (C=O) groups is 1. The van der Waals surface area contributed by atoms with E-state index in [9.17, 15) is 9.18 Å². The minimum absolute atomic E-state index is 0.182. The van der Waals surface area contributed by atoms with E-state index in [0.29, 0.717) is 18.8 Å². The van der Waals surface area contributed by atoms with Gasteiger partial charge in [-0.2, -0.15) is 0 Å². The minimum atomic E-state index is -0.421. The molecule has 0 spiro atoms. The standard InChI is InChI=1S/C15H22FN3O2/c1-19(6-7-21-10-11-2-3-11)9-15(20)18-14-5-4-12(16)8-13(14)17/h4-5,8,11H,2-3,6-7,9-10,17H2,1H3,(H,18,20). The molecule has 0 bridgehead atoms. The number of halogens is 1. The van der Waals surface area contributed by atoms with Crippen molar-refractivity contribution in [3.63, 3.8) is 0 Å². The zero-order valence-electron chi connectivity index (χ0n) is 12.3. The molecule has 1 fully saturated rings. The largest absolute Gasteiger partial charge is 0.397 e. The lowest BCUT2D eigenvalue weighted by atomic mass is 10.2. The van der Waals surface area contributed by atoms with Crippen LogP contribution in [0.2, 0.25) is 0 Å². The van der Waals surface area contributed by atoms with Crippen molar-refractivity contribution in [2.24, 2.45) is 5.92 Å². The molecule has 1 amide bonds. The van der Waals surface area contributed by atoms with Crippen LogP contribution in [0.15, 0.2) is 18.2 Å². The van der Waals surface area contributed by atoms with Gasteiger partial charge in [0.25, 0.3) is 0 Å². The summed E-state index contributed by atoms with van der Waals surface area (Å²) in [5.41, 5.74) is 6.30.